The van der Waals surface area contributed by atoms with Crippen molar-refractivity contribution in [2.75, 3.05) is 5.32 Å². The molecule has 7 heteroatoms. The minimum absolute atomic E-state index is 0.190. The maximum absolute atomic E-state index is 12.9. The van der Waals surface area contributed by atoms with Crippen LogP contribution in [0.1, 0.15) is 32.0 Å². The van der Waals surface area contributed by atoms with Crippen LogP contribution in [0, 0.1) is 6.92 Å². The van der Waals surface area contributed by atoms with Gasteiger partial charge in [-0.05, 0) is 77.4 Å². The molecule has 3 aromatic carbocycles. The minimum Gasteiger partial charge on any atom is -0.489 e. The number of amides is 2. The van der Waals surface area contributed by atoms with Gasteiger partial charge in [-0.1, -0.05) is 29.8 Å². The van der Waals surface area contributed by atoms with Crippen molar-refractivity contribution in [3.8, 4) is 5.75 Å². The van der Waals surface area contributed by atoms with E-state index in [-0.39, 0.29) is 18.2 Å². The van der Waals surface area contributed by atoms with Crippen molar-refractivity contribution < 1.29 is 14.3 Å². The molecule has 32 heavy (non-hydrogen) atoms. The Morgan fingerprint density at radius 2 is 1.91 bits per heavy atom. The lowest BCUT2D eigenvalue weighted by Crippen LogP contribution is -2.13. The topological polar surface area (TPSA) is 94.3 Å². The van der Waals surface area contributed by atoms with Crippen LogP contribution >= 0.6 is 11.6 Å². The zero-order valence-electron chi connectivity index (χ0n) is 17.3. The Labute approximate surface area is 190 Å². The quantitative estimate of drug-likeness (QED) is 0.430. The van der Waals surface area contributed by atoms with Crippen LogP contribution in [0.4, 0.5) is 5.69 Å². The third-order valence-corrected chi connectivity index (χ3v) is 5.42. The number of rotatable bonds is 6. The first-order chi connectivity index (χ1) is 15.4. The van der Waals surface area contributed by atoms with E-state index in [4.69, 9.17) is 22.1 Å². The molecule has 0 saturated heterocycles. The second-order valence-electron chi connectivity index (χ2n) is 7.31. The van der Waals surface area contributed by atoms with Crippen LogP contribution in [-0.4, -0.2) is 16.8 Å². The number of carbonyl (C=O) groups is 2. The molecule has 3 N–H and O–H groups in total. The van der Waals surface area contributed by atoms with Gasteiger partial charge in [-0.2, -0.15) is 0 Å². The summed E-state index contributed by atoms with van der Waals surface area (Å²) in [5.41, 5.74) is 8.36. The zero-order valence-corrected chi connectivity index (χ0v) is 18.0. The number of primary amides is 1. The first-order valence-corrected chi connectivity index (χ1v) is 10.3. The van der Waals surface area contributed by atoms with Crippen molar-refractivity contribution in [3.63, 3.8) is 0 Å². The van der Waals surface area contributed by atoms with Crippen molar-refractivity contribution in [1.29, 1.82) is 0 Å². The summed E-state index contributed by atoms with van der Waals surface area (Å²) in [4.78, 5) is 28.1. The molecule has 160 valence electrons. The average molecular weight is 446 g/mol. The first-order valence-electron chi connectivity index (χ1n) is 9.88. The highest BCUT2D eigenvalue weighted by Crippen LogP contribution is 2.26. The highest BCUT2D eigenvalue weighted by atomic mass is 35.5. The number of ether oxygens (including phenoxy) is 1. The Morgan fingerprint density at radius 1 is 1.06 bits per heavy atom. The lowest BCUT2D eigenvalue weighted by molar-refractivity contribution is 0.0993. The number of halogens is 1. The molecular weight excluding hydrogens is 426 g/mol. The second-order valence-corrected chi connectivity index (χ2v) is 7.72. The fourth-order valence-electron chi connectivity index (χ4n) is 3.28. The predicted molar refractivity (Wildman–Crippen MR) is 125 cm³/mol. The van der Waals surface area contributed by atoms with Crippen molar-refractivity contribution in [3.05, 3.63) is 100 Å². The van der Waals surface area contributed by atoms with E-state index in [1.165, 1.54) is 6.20 Å². The van der Waals surface area contributed by atoms with Gasteiger partial charge in [0, 0.05) is 22.5 Å². The molecule has 0 aliphatic rings. The molecule has 0 fully saturated rings. The SMILES string of the molecule is Cc1ccc(NC(=O)c2cccc3cc(OCc4ccnc(C(N)=O)c4)ccc23)cc1Cl. The summed E-state index contributed by atoms with van der Waals surface area (Å²) in [6.45, 7) is 2.16. The smallest absolute Gasteiger partial charge is 0.267 e. The fourth-order valence-corrected chi connectivity index (χ4v) is 3.46. The van der Waals surface area contributed by atoms with Gasteiger partial charge in [0.15, 0.2) is 0 Å². The van der Waals surface area contributed by atoms with Crippen molar-refractivity contribution >= 4 is 39.9 Å². The van der Waals surface area contributed by atoms with Crippen molar-refractivity contribution in [1.82, 2.24) is 4.98 Å². The maximum Gasteiger partial charge on any atom is 0.267 e. The summed E-state index contributed by atoms with van der Waals surface area (Å²) in [5.74, 6) is -0.172. The molecule has 2 amide bonds. The highest BCUT2D eigenvalue weighted by Gasteiger charge is 2.12. The predicted octanol–water partition coefficient (Wildman–Crippen LogP) is 5.13. The molecule has 4 aromatic rings. The van der Waals surface area contributed by atoms with Crippen LogP contribution < -0.4 is 15.8 Å². The summed E-state index contributed by atoms with van der Waals surface area (Å²) in [5, 5.41) is 5.16. The Morgan fingerprint density at radius 3 is 2.69 bits per heavy atom. The highest BCUT2D eigenvalue weighted by molar-refractivity contribution is 6.31. The molecule has 0 bridgehead atoms. The molecule has 1 heterocycles. The number of pyridine rings is 1. The van der Waals surface area contributed by atoms with Gasteiger partial charge in [-0.25, -0.2) is 0 Å². The summed E-state index contributed by atoms with van der Waals surface area (Å²) in [6.07, 6.45) is 1.52. The summed E-state index contributed by atoms with van der Waals surface area (Å²) in [7, 11) is 0. The van der Waals surface area contributed by atoms with E-state index in [0.29, 0.717) is 22.0 Å². The van der Waals surface area contributed by atoms with Crippen LogP contribution in [0.25, 0.3) is 10.8 Å². The van der Waals surface area contributed by atoms with E-state index in [2.05, 4.69) is 10.3 Å². The van der Waals surface area contributed by atoms with Crippen LogP contribution in [0.3, 0.4) is 0 Å². The molecule has 0 radical (unpaired) electrons. The van der Waals surface area contributed by atoms with E-state index >= 15 is 0 Å². The Bertz CT molecular complexity index is 1340. The lowest BCUT2D eigenvalue weighted by Gasteiger charge is -2.11. The van der Waals surface area contributed by atoms with E-state index in [1.807, 2.05) is 43.3 Å². The number of anilines is 1. The molecule has 0 saturated carbocycles. The van der Waals surface area contributed by atoms with E-state index < -0.39 is 5.91 Å². The third kappa shape index (κ3) is 4.71. The number of nitrogens with zero attached hydrogens (tertiary/aromatic N) is 1. The van der Waals surface area contributed by atoms with Gasteiger partial charge in [0.05, 0.1) is 0 Å². The number of hydrogen-bond donors (Lipinski definition) is 2. The van der Waals surface area contributed by atoms with E-state index in [1.54, 1.807) is 30.3 Å². The molecular formula is C25H20ClN3O3. The standard InChI is InChI=1S/C25H20ClN3O3/c1-15-5-6-18(13-22(15)26)29-25(31)21-4-2-3-17-12-19(7-8-20(17)21)32-14-16-9-10-28-23(11-16)24(27)30/h2-13H,14H2,1H3,(H2,27,30)(H,29,31). The number of benzene rings is 3. The number of fused-ring (bicyclic) bond motifs is 1. The maximum atomic E-state index is 12.9. The monoisotopic (exact) mass is 445 g/mol. The number of aromatic nitrogens is 1. The van der Waals surface area contributed by atoms with Gasteiger partial charge in [-0.3, -0.25) is 14.6 Å². The summed E-state index contributed by atoms with van der Waals surface area (Å²) in [6, 6.07) is 19.8. The molecule has 1 aromatic heterocycles. The van der Waals surface area contributed by atoms with E-state index in [9.17, 15) is 9.59 Å². The van der Waals surface area contributed by atoms with Crippen LogP contribution in [0.5, 0.6) is 5.75 Å². The van der Waals surface area contributed by atoms with Gasteiger partial charge in [0.1, 0.15) is 18.1 Å². The number of aryl methyl sites for hydroxylation is 1. The molecule has 6 nitrogen and oxygen atoms in total. The van der Waals surface area contributed by atoms with Crippen LogP contribution in [-0.2, 0) is 6.61 Å². The molecule has 0 unspecified atom stereocenters. The van der Waals surface area contributed by atoms with Gasteiger partial charge in [-0.15, -0.1) is 0 Å². The summed E-state index contributed by atoms with van der Waals surface area (Å²) < 4.78 is 5.86. The number of hydrogen-bond acceptors (Lipinski definition) is 4. The zero-order chi connectivity index (χ0) is 22.7. The normalized spacial score (nSPS) is 10.7. The van der Waals surface area contributed by atoms with Crippen molar-refractivity contribution in [2.24, 2.45) is 5.73 Å². The summed E-state index contributed by atoms with van der Waals surface area (Å²) >= 11 is 6.16. The van der Waals surface area contributed by atoms with Crippen LogP contribution in [0.15, 0.2) is 72.9 Å². The van der Waals surface area contributed by atoms with Gasteiger partial charge in [0.2, 0.25) is 0 Å². The molecule has 0 spiro atoms. The number of nitrogens with one attached hydrogen (secondary N) is 1. The van der Waals surface area contributed by atoms with Crippen molar-refractivity contribution in [2.45, 2.75) is 13.5 Å². The fraction of sp³-hybridized carbons (Fsp3) is 0.0800. The first kappa shape index (κ1) is 21.3. The number of nitrogens with two attached hydrogens (primary N) is 1. The van der Waals surface area contributed by atoms with Gasteiger partial charge >= 0.3 is 0 Å². The lowest BCUT2D eigenvalue weighted by atomic mass is 10.0. The molecule has 0 aliphatic carbocycles. The van der Waals surface area contributed by atoms with E-state index in [0.717, 1.165) is 21.9 Å². The number of carbonyl (C=O) groups excluding carboxylic acids is 2. The molecule has 0 atom stereocenters. The van der Waals surface area contributed by atoms with Crippen LogP contribution in [0.2, 0.25) is 5.02 Å². The third-order valence-electron chi connectivity index (χ3n) is 5.01. The largest absolute Gasteiger partial charge is 0.489 e. The molecule has 4 rings (SSSR count). The average Bonchev–Trinajstić information content (AvgIpc) is 2.79. The van der Waals surface area contributed by atoms with Gasteiger partial charge in [0.25, 0.3) is 11.8 Å². The second kappa shape index (κ2) is 9.08. The minimum atomic E-state index is -0.587. The Balaban J connectivity index is 1.53. The Hall–Kier alpha value is -3.90. The van der Waals surface area contributed by atoms with Gasteiger partial charge < -0.3 is 15.8 Å². The Kier molecular flexibility index (Phi) is 6.05. The molecule has 0 aliphatic heterocycles.